The van der Waals surface area contributed by atoms with Gasteiger partial charge in [0.2, 0.25) is 0 Å². The van der Waals surface area contributed by atoms with Gasteiger partial charge in [-0.05, 0) is 42.9 Å². The van der Waals surface area contributed by atoms with E-state index in [1.165, 1.54) is 17.7 Å². The average molecular weight is 428 g/mol. The highest BCUT2D eigenvalue weighted by Gasteiger charge is 2.17. The van der Waals surface area contributed by atoms with E-state index >= 15 is 0 Å². The fourth-order valence-electron chi connectivity index (χ4n) is 3.90. The number of piperazine rings is 1. The summed E-state index contributed by atoms with van der Waals surface area (Å²) in [6.45, 7) is 6.65. The predicted molar refractivity (Wildman–Crippen MR) is 119 cm³/mol. The lowest BCUT2D eigenvalue weighted by Gasteiger charge is -2.34. The Hall–Kier alpha value is -2.55. The zero-order valence-corrected chi connectivity index (χ0v) is 17.6. The van der Waals surface area contributed by atoms with Crippen LogP contribution in [0.15, 0.2) is 42.5 Å². The van der Waals surface area contributed by atoms with Gasteiger partial charge in [0.15, 0.2) is 4.77 Å². The summed E-state index contributed by atoms with van der Waals surface area (Å²) in [6.07, 6.45) is 0.853. The molecule has 3 aromatic rings. The average Bonchev–Trinajstić information content (AvgIpc) is 3.12. The molecule has 1 aromatic heterocycles. The minimum absolute atomic E-state index is 0.270. The predicted octanol–water partition coefficient (Wildman–Crippen LogP) is 3.30. The fraction of sp³-hybridized carbons (Fsp3) is 0.364. The number of aromatic amines is 2. The van der Waals surface area contributed by atoms with Crippen LogP contribution in [0.2, 0.25) is 0 Å². The number of fused-ring (bicyclic) bond motifs is 1. The first-order chi connectivity index (χ1) is 14.6. The summed E-state index contributed by atoms with van der Waals surface area (Å²) in [7, 11) is 0. The summed E-state index contributed by atoms with van der Waals surface area (Å²) in [5.74, 6) is -0.760. The zero-order valence-electron chi connectivity index (χ0n) is 16.8. The highest BCUT2D eigenvalue weighted by atomic mass is 32.1. The van der Waals surface area contributed by atoms with E-state index in [0.29, 0.717) is 22.3 Å². The second kappa shape index (κ2) is 9.51. The first-order valence-electron chi connectivity index (χ1n) is 10.3. The number of imidazole rings is 1. The van der Waals surface area contributed by atoms with Crippen molar-refractivity contribution in [2.45, 2.75) is 13.0 Å². The van der Waals surface area contributed by atoms with Crippen LogP contribution in [-0.2, 0) is 6.54 Å². The minimum Gasteiger partial charge on any atom is -0.352 e. The topological polar surface area (TPSA) is 67.2 Å². The maximum Gasteiger partial charge on any atom is 0.253 e. The molecule has 6 nitrogen and oxygen atoms in total. The molecule has 2 heterocycles. The number of rotatable bonds is 7. The molecular formula is C22H26FN5OS. The van der Waals surface area contributed by atoms with Gasteiger partial charge in [-0.25, -0.2) is 4.39 Å². The number of hydrogen-bond donors (Lipinski definition) is 3. The van der Waals surface area contributed by atoms with E-state index in [4.69, 9.17) is 12.2 Å². The van der Waals surface area contributed by atoms with Gasteiger partial charge in [-0.1, -0.05) is 30.3 Å². The maximum absolute atomic E-state index is 13.8. The monoisotopic (exact) mass is 427 g/mol. The lowest BCUT2D eigenvalue weighted by Crippen LogP contribution is -2.46. The van der Waals surface area contributed by atoms with Gasteiger partial charge in [0, 0.05) is 39.3 Å². The van der Waals surface area contributed by atoms with Gasteiger partial charge in [-0.2, -0.15) is 0 Å². The Balaban J connectivity index is 1.21. The summed E-state index contributed by atoms with van der Waals surface area (Å²) in [6, 6.07) is 13.1. The SMILES string of the molecule is O=C(NCCCN1CCN(Cc2ccccc2)CC1)c1cc(F)cc2[nH]c(=S)[nH]c12. The molecule has 2 aromatic carbocycles. The van der Waals surface area contributed by atoms with E-state index in [1.54, 1.807) is 0 Å². The van der Waals surface area contributed by atoms with Gasteiger partial charge >= 0.3 is 0 Å². The number of amides is 1. The second-order valence-electron chi connectivity index (χ2n) is 7.67. The standard InChI is InChI=1S/C22H26FN5OS/c23-17-13-18(20-19(14-17)25-22(30)26-20)21(29)24-7-4-8-27-9-11-28(12-10-27)15-16-5-2-1-3-6-16/h1-3,5-6,13-14H,4,7-12,15H2,(H,24,29)(H2,25,26,30). The molecule has 1 saturated heterocycles. The van der Waals surface area contributed by atoms with Crippen molar-refractivity contribution in [1.82, 2.24) is 25.1 Å². The highest BCUT2D eigenvalue weighted by Crippen LogP contribution is 2.18. The number of aromatic nitrogens is 2. The van der Waals surface area contributed by atoms with Crippen LogP contribution in [0.25, 0.3) is 11.0 Å². The van der Waals surface area contributed by atoms with E-state index < -0.39 is 5.82 Å². The number of H-pyrrole nitrogens is 2. The zero-order chi connectivity index (χ0) is 20.9. The molecule has 0 aliphatic carbocycles. The van der Waals surface area contributed by atoms with Crippen LogP contribution in [0.5, 0.6) is 0 Å². The molecule has 3 N–H and O–H groups in total. The molecule has 158 valence electrons. The van der Waals surface area contributed by atoms with Gasteiger partial charge in [0.1, 0.15) is 5.82 Å². The largest absolute Gasteiger partial charge is 0.352 e. The molecule has 0 unspecified atom stereocenters. The third kappa shape index (κ3) is 5.13. The smallest absolute Gasteiger partial charge is 0.253 e. The van der Waals surface area contributed by atoms with E-state index in [-0.39, 0.29) is 11.5 Å². The number of nitrogens with zero attached hydrogens (tertiary/aromatic N) is 2. The number of carbonyl (C=O) groups excluding carboxylic acids is 1. The lowest BCUT2D eigenvalue weighted by molar-refractivity contribution is 0.0948. The van der Waals surface area contributed by atoms with Crippen molar-refractivity contribution in [3.63, 3.8) is 0 Å². The summed E-state index contributed by atoms with van der Waals surface area (Å²) in [5, 5.41) is 2.90. The Morgan fingerprint density at radius 1 is 1.07 bits per heavy atom. The summed E-state index contributed by atoms with van der Waals surface area (Å²) in [5.41, 5.74) is 2.65. The van der Waals surface area contributed by atoms with Crippen LogP contribution >= 0.6 is 12.2 Å². The van der Waals surface area contributed by atoms with Gasteiger partial charge in [0.05, 0.1) is 16.6 Å². The van der Waals surface area contributed by atoms with Crippen LogP contribution in [0.3, 0.4) is 0 Å². The maximum atomic E-state index is 13.8. The fourth-order valence-corrected chi connectivity index (χ4v) is 4.11. The number of halogens is 1. The lowest BCUT2D eigenvalue weighted by atomic mass is 10.1. The molecule has 0 bridgehead atoms. The van der Waals surface area contributed by atoms with E-state index in [1.807, 2.05) is 6.07 Å². The van der Waals surface area contributed by atoms with Crippen molar-refractivity contribution in [1.29, 1.82) is 0 Å². The van der Waals surface area contributed by atoms with Crippen molar-refractivity contribution in [2.75, 3.05) is 39.3 Å². The van der Waals surface area contributed by atoms with Crippen LogP contribution in [-0.4, -0.2) is 64.9 Å². The molecule has 0 radical (unpaired) electrons. The van der Waals surface area contributed by atoms with E-state index in [9.17, 15) is 9.18 Å². The second-order valence-corrected chi connectivity index (χ2v) is 8.08. The van der Waals surface area contributed by atoms with Crippen molar-refractivity contribution in [3.05, 3.63) is 64.2 Å². The Kier molecular flexibility index (Phi) is 6.56. The normalized spacial score (nSPS) is 15.5. The first kappa shape index (κ1) is 20.7. The van der Waals surface area contributed by atoms with Crippen LogP contribution in [0.4, 0.5) is 4.39 Å². The Morgan fingerprint density at radius 3 is 2.57 bits per heavy atom. The molecule has 1 aliphatic heterocycles. The van der Waals surface area contributed by atoms with E-state index in [0.717, 1.165) is 45.7 Å². The number of carbonyl (C=O) groups is 1. The van der Waals surface area contributed by atoms with Gasteiger partial charge < -0.3 is 20.2 Å². The molecule has 1 aliphatic rings. The number of benzene rings is 2. The number of nitrogens with one attached hydrogen (secondary N) is 3. The quantitative estimate of drug-likeness (QED) is 0.400. The van der Waals surface area contributed by atoms with E-state index in [2.05, 4.69) is 49.4 Å². The Bertz CT molecular complexity index is 1060. The van der Waals surface area contributed by atoms with Gasteiger partial charge in [0.25, 0.3) is 5.91 Å². The summed E-state index contributed by atoms with van der Waals surface area (Å²) in [4.78, 5) is 23.2. The summed E-state index contributed by atoms with van der Waals surface area (Å²) >= 11 is 5.05. The summed E-state index contributed by atoms with van der Waals surface area (Å²) < 4.78 is 14.2. The van der Waals surface area contributed by atoms with Gasteiger partial charge in [-0.3, -0.25) is 9.69 Å². The van der Waals surface area contributed by atoms with Crippen molar-refractivity contribution in [3.8, 4) is 0 Å². The minimum atomic E-state index is -0.466. The van der Waals surface area contributed by atoms with Gasteiger partial charge in [-0.15, -0.1) is 0 Å². The highest BCUT2D eigenvalue weighted by molar-refractivity contribution is 7.71. The molecule has 0 saturated carbocycles. The first-order valence-corrected chi connectivity index (χ1v) is 10.7. The third-order valence-corrected chi connectivity index (χ3v) is 5.69. The molecular weight excluding hydrogens is 401 g/mol. The Morgan fingerprint density at radius 2 is 1.80 bits per heavy atom. The van der Waals surface area contributed by atoms with Crippen molar-refractivity contribution >= 4 is 29.2 Å². The molecule has 1 amide bonds. The van der Waals surface area contributed by atoms with Crippen molar-refractivity contribution in [2.24, 2.45) is 0 Å². The van der Waals surface area contributed by atoms with Crippen LogP contribution in [0, 0.1) is 10.6 Å². The Labute approximate surface area is 180 Å². The molecule has 30 heavy (non-hydrogen) atoms. The molecule has 0 atom stereocenters. The number of hydrogen-bond acceptors (Lipinski definition) is 4. The molecule has 1 fully saturated rings. The van der Waals surface area contributed by atoms with Crippen LogP contribution in [0.1, 0.15) is 22.3 Å². The third-order valence-electron chi connectivity index (χ3n) is 5.49. The molecule has 8 heteroatoms. The van der Waals surface area contributed by atoms with Crippen LogP contribution < -0.4 is 5.32 Å². The van der Waals surface area contributed by atoms with Crippen molar-refractivity contribution < 1.29 is 9.18 Å². The molecule has 4 rings (SSSR count). The molecule has 0 spiro atoms.